The molecule has 0 saturated heterocycles. The molecule has 0 aliphatic rings. The number of hydrogen-bond donors (Lipinski definition) is 2. The molecular weight excluding hydrogens is 496 g/mol. The van der Waals surface area contributed by atoms with Crippen molar-refractivity contribution in [3.05, 3.63) is 83.4 Å². The van der Waals surface area contributed by atoms with Crippen LogP contribution in [0.5, 0.6) is 17.2 Å². The summed E-state index contributed by atoms with van der Waals surface area (Å²) >= 11 is 0. The number of hydrogen-bond acceptors (Lipinski definition) is 8. The van der Waals surface area contributed by atoms with Gasteiger partial charge in [-0.3, -0.25) is 4.79 Å². The Labute approximate surface area is 225 Å². The lowest BCUT2D eigenvalue weighted by Gasteiger charge is -2.09. The van der Waals surface area contributed by atoms with Gasteiger partial charge in [0.25, 0.3) is 5.91 Å². The molecule has 0 bridgehead atoms. The molecule has 0 spiro atoms. The zero-order valence-corrected chi connectivity index (χ0v) is 21.8. The molecule has 2 heterocycles. The van der Waals surface area contributed by atoms with Crippen molar-refractivity contribution in [2.24, 2.45) is 5.10 Å². The Morgan fingerprint density at radius 1 is 0.949 bits per heavy atom. The number of aromatic nitrogens is 3. The molecule has 1 amide bonds. The molecule has 0 unspecified atom stereocenters. The van der Waals surface area contributed by atoms with E-state index in [2.05, 4.69) is 10.4 Å². The van der Waals surface area contributed by atoms with Crippen molar-refractivity contribution in [3.8, 4) is 17.2 Å². The summed E-state index contributed by atoms with van der Waals surface area (Å²) in [5.74, 6) is 1.63. The lowest BCUT2D eigenvalue weighted by Crippen LogP contribution is -2.26. The molecule has 2 aromatic heterocycles. The maximum atomic E-state index is 13.4. The molecule has 0 fully saturated rings. The smallest absolute Gasteiger partial charge is 0.257 e. The summed E-state index contributed by atoms with van der Waals surface area (Å²) in [6.07, 6.45) is 2.22. The third kappa shape index (κ3) is 5.04. The standard InChI is InChI=1S/C29H28N6O4/c1-37-20-13-11-18(12-14-20)15-16-31-29(36)24-25-28(34-22-9-5-4-8-21(22)33-25)35(27(24)30)32-17-19-7-6-10-23(38-2)26(19)39-3/h4-14,17H,15-16,30H2,1-3H3,(H,31,36). The number of para-hydroxylation sites is 3. The highest BCUT2D eigenvalue weighted by molar-refractivity contribution is 6.10. The molecule has 198 valence electrons. The first-order valence-electron chi connectivity index (χ1n) is 12.3. The van der Waals surface area contributed by atoms with Gasteiger partial charge in [-0.2, -0.15) is 9.78 Å². The fraction of sp³-hybridized carbons (Fsp3) is 0.172. The van der Waals surface area contributed by atoms with Crippen LogP contribution in [0.3, 0.4) is 0 Å². The number of carbonyl (C=O) groups excluding carboxylic acids is 1. The highest BCUT2D eigenvalue weighted by atomic mass is 16.5. The van der Waals surface area contributed by atoms with Crippen molar-refractivity contribution in [1.82, 2.24) is 20.0 Å². The Morgan fingerprint density at radius 3 is 2.38 bits per heavy atom. The molecule has 3 N–H and O–H groups in total. The normalized spacial score (nSPS) is 11.3. The first kappa shape index (κ1) is 25.5. The number of rotatable bonds is 9. The van der Waals surface area contributed by atoms with Crippen molar-refractivity contribution >= 4 is 40.1 Å². The van der Waals surface area contributed by atoms with Crippen LogP contribution in [0.15, 0.2) is 71.8 Å². The molecule has 0 radical (unpaired) electrons. The molecule has 0 saturated carbocycles. The molecule has 0 atom stereocenters. The number of methoxy groups -OCH3 is 3. The van der Waals surface area contributed by atoms with E-state index in [1.807, 2.05) is 60.7 Å². The van der Waals surface area contributed by atoms with Gasteiger partial charge in [-0.25, -0.2) is 9.97 Å². The average molecular weight is 525 g/mol. The topological polar surface area (TPSA) is 126 Å². The number of benzene rings is 3. The predicted molar refractivity (Wildman–Crippen MR) is 151 cm³/mol. The Bertz CT molecular complexity index is 1680. The van der Waals surface area contributed by atoms with E-state index in [4.69, 9.17) is 29.9 Å². The van der Waals surface area contributed by atoms with E-state index in [1.165, 1.54) is 4.68 Å². The SMILES string of the molecule is COc1ccc(CCNC(=O)c2c(N)n(N=Cc3cccc(OC)c3OC)c3nc4ccccc4nc23)cc1. The van der Waals surface area contributed by atoms with Gasteiger partial charge in [-0.05, 0) is 48.4 Å². The molecule has 5 aromatic rings. The van der Waals surface area contributed by atoms with Crippen molar-refractivity contribution in [2.75, 3.05) is 33.6 Å². The number of nitrogen functional groups attached to an aromatic ring is 1. The number of carbonyl (C=O) groups is 1. The molecule has 10 heteroatoms. The Kier molecular flexibility index (Phi) is 7.26. The summed E-state index contributed by atoms with van der Waals surface area (Å²) in [6.45, 7) is 0.405. The zero-order chi connectivity index (χ0) is 27.4. The average Bonchev–Trinajstić information content (AvgIpc) is 3.24. The second kappa shape index (κ2) is 11.1. The van der Waals surface area contributed by atoms with E-state index in [-0.39, 0.29) is 17.3 Å². The molecular formula is C29H28N6O4. The largest absolute Gasteiger partial charge is 0.497 e. The minimum absolute atomic E-state index is 0.125. The summed E-state index contributed by atoms with van der Waals surface area (Å²) in [4.78, 5) is 22.9. The van der Waals surface area contributed by atoms with E-state index < -0.39 is 0 Å². The third-order valence-corrected chi connectivity index (χ3v) is 6.30. The van der Waals surface area contributed by atoms with Gasteiger partial charge in [-0.15, -0.1) is 0 Å². The van der Waals surface area contributed by atoms with Crippen molar-refractivity contribution in [1.29, 1.82) is 0 Å². The van der Waals surface area contributed by atoms with Crippen LogP contribution in [-0.2, 0) is 6.42 Å². The Hall–Kier alpha value is -5.12. The van der Waals surface area contributed by atoms with Crippen molar-refractivity contribution < 1.29 is 19.0 Å². The number of nitrogens with one attached hydrogen (secondary N) is 1. The Morgan fingerprint density at radius 2 is 1.69 bits per heavy atom. The summed E-state index contributed by atoms with van der Waals surface area (Å²) in [6, 6.07) is 20.6. The van der Waals surface area contributed by atoms with Crippen LogP contribution >= 0.6 is 0 Å². The van der Waals surface area contributed by atoms with Gasteiger partial charge < -0.3 is 25.3 Å². The van der Waals surface area contributed by atoms with Crippen molar-refractivity contribution in [3.63, 3.8) is 0 Å². The van der Waals surface area contributed by atoms with Gasteiger partial charge >= 0.3 is 0 Å². The van der Waals surface area contributed by atoms with Gasteiger partial charge in [0, 0.05) is 12.1 Å². The van der Waals surface area contributed by atoms with Gasteiger partial charge in [0.2, 0.25) is 0 Å². The van der Waals surface area contributed by atoms with Gasteiger partial charge in [-0.1, -0.05) is 30.3 Å². The highest BCUT2D eigenvalue weighted by Crippen LogP contribution is 2.31. The van der Waals surface area contributed by atoms with Crippen LogP contribution in [0.2, 0.25) is 0 Å². The van der Waals surface area contributed by atoms with E-state index in [9.17, 15) is 4.79 Å². The molecule has 0 aliphatic carbocycles. The number of nitrogens with two attached hydrogens (primary N) is 1. The first-order valence-corrected chi connectivity index (χ1v) is 12.3. The fourth-order valence-electron chi connectivity index (χ4n) is 4.32. The van der Waals surface area contributed by atoms with Crippen LogP contribution in [0.4, 0.5) is 5.82 Å². The molecule has 0 aliphatic heterocycles. The van der Waals surface area contributed by atoms with Gasteiger partial charge in [0.1, 0.15) is 22.6 Å². The number of nitrogens with zero attached hydrogens (tertiary/aromatic N) is 4. The number of amides is 1. The summed E-state index contributed by atoms with van der Waals surface area (Å²) in [5, 5.41) is 7.54. The van der Waals surface area contributed by atoms with Gasteiger partial charge in [0.05, 0.1) is 38.6 Å². The second-order valence-electron chi connectivity index (χ2n) is 8.64. The molecule has 3 aromatic carbocycles. The quantitative estimate of drug-likeness (QED) is 0.279. The summed E-state index contributed by atoms with van der Waals surface area (Å²) in [7, 11) is 4.75. The van der Waals surface area contributed by atoms with E-state index >= 15 is 0 Å². The number of fused-ring (bicyclic) bond motifs is 2. The van der Waals surface area contributed by atoms with Crippen LogP contribution in [-0.4, -0.2) is 54.6 Å². The molecule has 10 nitrogen and oxygen atoms in total. The van der Waals surface area contributed by atoms with E-state index in [0.717, 1.165) is 11.3 Å². The van der Waals surface area contributed by atoms with Gasteiger partial charge in [0.15, 0.2) is 17.1 Å². The minimum Gasteiger partial charge on any atom is -0.497 e. The maximum absolute atomic E-state index is 13.4. The van der Waals surface area contributed by atoms with Crippen LogP contribution < -0.4 is 25.3 Å². The summed E-state index contributed by atoms with van der Waals surface area (Å²) in [5.41, 5.74) is 10.5. The second-order valence-corrected chi connectivity index (χ2v) is 8.64. The van der Waals surface area contributed by atoms with Crippen molar-refractivity contribution in [2.45, 2.75) is 6.42 Å². The minimum atomic E-state index is -0.358. The summed E-state index contributed by atoms with van der Waals surface area (Å²) < 4.78 is 17.5. The Balaban J connectivity index is 1.51. The first-order chi connectivity index (χ1) is 19.0. The monoisotopic (exact) mass is 524 g/mol. The maximum Gasteiger partial charge on any atom is 0.257 e. The fourth-order valence-corrected chi connectivity index (χ4v) is 4.32. The van der Waals surface area contributed by atoms with E-state index in [1.54, 1.807) is 33.6 Å². The predicted octanol–water partition coefficient (Wildman–Crippen LogP) is 4.05. The number of anilines is 1. The molecule has 5 rings (SSSR count). The van der Waals surface area contributed by atoms with Crippen LogP contribution in [0.25, 0.3) is 22.2 Å². The van der Waals surface area contributed by atoms with Crippen LogP contribution in [0, 0.1) is 0 Å². The highest BCUT2D eigenvalue weighted by Gasteiger charge is 2.24. The molecule has 39 heavy (non-hydrogen) atoms. The van der Waals surface area contributed by atoms with E-state index in [0.29, 0.717) is 52.2 Å². The lowest BCUT2D eigenvalue weighted by molar-refractivity contribution is 0.0956. The van der Waals surface area contributed by atoms with Crippen LogP contribution in [0.1, 0.15) is 21.5 Å². The number of ether oxygens (including phenoxy) is 3. The zero-order valence-electron chi connectivity index (χ0n) is 21.8. The lowest BCUT2D eigenvalue weighted by atomic mass is 10.1. The third-order valence-electron chi connectivity index (χ3n) is 6.30.